The Morgan fingerprint density at radius 2 is 1.96 bits per heavy atom. The van der Waals surface area contributed by atoms with E-state index < -0.39 is 0 Å². The Morgan fingerprint density at radius 3 is 2.56 bits per heavy atom. The average molecular weight is 436 g/mol. The van der Waals surface area contributed by atoms with Gasteiger partial charge in [-0.2, -0.15) is 5.65 Å². The van der Waals surface area contributed by atoms with Crippen molar-refractivity contribution < 1.29 is 4.48 Å². The van der Waals surface area contributed by atoms with E-state index in [-0.39, 0.29) is 11.3 Å². The zero-order valence-electron chi connectivity index (χ0n) is 15.3. The van der Waals surface area contributed by atoms with Crippen molar-refractivity contribution in [2.75, 3.05) is 29.0 Å². The van der Waals surface area contributed by atoms with Gasteiger partial charge in [-0.25, -0.2) is 9.66 Å². The molecule has 0 radical (unpaired) electrons. The molecule has 2 atom stereocenters. The van der Waals surface area contributed by atoms with Crippen molar-refractivity contribution in [1.29, 1.82) is 5.41 Å². The van der Waals surface area contributed by atoms with Gasteiger partial charge in [0.25, 0.3) is 0 Å². The predicted octanol–water partition coefficient (Wildman–Crippen LogP) is 2.97. The molecule has 2 bridgehead atoms. The number of hydrogen-bond donors (Lipinski definition) is 3. The molecule has 0 unspecified atom stereocenters. The zero-order chi connectivity index (χ0) is 19.1. The van der Waals surface area contributed by atoms with Crippen molar-refractivity contribution in [2.45, 2.75) is 38.4 Å². The summed E-state index contributed by atoms with van der Waals surface area (Å²) < 4.78 is 14.1. The minimum Gasteiger partial charge on any atom is -0.366 e. The summed E-state index contributed by atoms with van der Waals surface area (Å²) in [6.45, 7) is 6.74. The molecule has 2 saturated heterocycles. The highest BCUT2D eigenvalue weighted by Gasteiger charge is 2.43. The number of nitrogens with zero attached hydrogens (tertiary/aromatic N) is 4. The third-order valence-corrected chi connectivity index (χ3v) is 6.01. The summed E-state index contributed by atoms with van der Waals surface area (Å²) in [7, 11) is 0. The van der Waals surface area contributed by atoms with Gasteiger partial charge in [0.05, 0.1) is 6.20 Å². The molecule has 0 spiro atoms. The number of fused-ring (bicyclic) bond motifs is 2. The van der Waals surface area contributed by atoms with Gasteiger partial charge in [0, 0.05) is 42.6 Å². The smallest absolute Gasteiger partial charge is 0.190 e. The summed E-state index contributed by atoms with van der Waals surface area (Å²) in [5.74, 6) is 0.268. The highest BCUT2D eigenvalue weighted by atomic mass is 79.9. The summed E-state index contributed by atoms with van der Waals surface area (Å²) >= 11 is 3.14. The quantitative estimate of drug-likeness (QED) is 0.629. The molecule has 2 fully saturated rings. The van der Waals surface area contributed by atoms with E-state index in [0.717, 1.165) is 23.5 Å². The van der Waals surface area contributed by atoms with Gasteiger partial charge >= 0.3 is 0 Å². The van der Waals surface area contributed by atoms with Crippen LogP contribution in [0.3, 0.4) is 0 Å². The number of nitrogens with one attached hydrogen (secondary N) is 3. The number of hydrogen-bond acceptors (Lipinski definition) is 6. The molecule has 3 N–H and O–H groups in total. The molecule has 2 aliphatic rings. The van der Waals surface area contributed by atoms with Crippen LogP contribution < -0.4 is 21.4 Å². The second-order valence-corrected chi connectivity index (χ2v) is 8.17. The molecule has 1 aromatic carbocycles. The normalized spacial score (nSPS) is 21.9. The van der Waals surface area contributed by atoms with Crippen LogP contribution in [0.2, 0.25) is 0 Å². The Labute approximate surface area is 165 Å². The highest BCUT2D eigenvalue weighted by molar-refractivity contribution is 9.10. The maximum atomic E-state index is 12.8. The second kappa shape index (κ2) is 7.12. The van der Waals surface area contributed by atoms with Crippen molar-refractivity contribution in [1.82, 2.24) is 14.6 Å². The van der Waals surface area contributed by atoms with Crippen LogP contribution in [-0.2, 0) is 0 Å². The number of likely N-dealkylation sites (tertiary alicyclic amines) is 1. The van der Waals surface area contributed by atoms with Gasteiger partial charge in [-0.05, 0) is 60.5 Å². The van der Waals surface area contributed by atoms with E-state index >= 15 is 0 Å². The lowest BCUT2D eigenvalue weighted by atomic mass is 10.2. The lowest BCUT2D eigenvalue weighted by Gasteiger charge is -2.37. The van der Waals surface area contributed by atoms with E-state index in [1.807, 2.05) is 12.1 Å². The maximum absolute atomic E-state index is 12.8. The van der Waals surface area contributed by atoms with Gasteiger partial charge in [0.15, 0.2) is 11.3 Å². The first-order valence-corrected chi connectivity index (χ1v) is 9.85. The average Bonchev–Trinajstić information content (AvgIpc) is 3.26. The van der Waals surface area contributed by atoms with E-state index in [1.165, 1.54) is 24.0 Å². The molecule has 27 heavy (non-hydrogen) atoms. The molecule has 0 aliphatic carbocycles. The largest absolute Gasteiger partial charge is 0.366 e. The number of benzene rings is 1. The fraction of sp³-hybridized carbons (Fsp3) is 0.444. The minimum atomic E-state index is -0.110. The second-order valence-electron chi connectivity index (χ2n) is 7.36. The summed E-state index contributed by atoms with van der Waals surface area (Å²) in [4.78, 5) is 9.23. The third-order valence-electron chi connectivity index (χ3n) is 5.45. The molecule has 2 aromatic rings. The highest BCUT2D eigenvalue weighted by Crippen LogP contribution is 2.36. The number of halogens is 2. The molecule has 4 rings (SSSR count). The van der Waals surface area contributed by atoms with Gasteiger partial charge in [-0.3, -0.25) is 10.3 Å². The molecular formula is C18H23BrFN7. The molecule has 144 valence electrons. The van der Waals surface area contributed by atoms with E-state index in [0.29, 0.717) is 22.7 Å². The van der Waals surface area contributed by atoms with Crippen molar-refractivity contribution >= 4 is 33.1 Å². The zero-order valence-corrected chi connectivity index (χ0v) is 16.9. The van der Waals surface area contributed by atoms with Crippen LogP contribution in [-0.4, -0.2) is 45.8 Å². The fourth-order valence-corrected chi connectivity index (χ4v) is 4.49. The van der Waals surface area contributed by atoms with Crippen molar-refractivity contribution in [3.63, 3.8) is 0 Å². The van der Waals surface area contributed by atoms with Crippen molar-refractivity contribution in [3.05, 3.63) is 40.6 Å². The van der Waals surface area contributed by atoms with Crippen LogP contribution in [0.4, 0.5) is 21.7 Å². The first-order chi connectivity index (χ1) is 13.0. The molecule has 0 amide bonds. The first kappa shape index (κ1) is 18.2. The number of rotatable bonds is 5. The molecule has 2 aliphatic heterocycles. The molecule has 0 saturated carbocycles. The Morgan fingerprint density at radius 1 is 1.22 bits per heavy atom. The van der Waals surface area contributed by atoms with Gasteiger partial charge in [-0.1, -0.05) is 4.48 Å². The van der Waals surface area contributed by atoms with Crippen molar-refractivity contribution in [2.24, 2.45) is 0 Å². The minimum absolute atomic E-state index is 0.110. The topological polar surface area (TPSA) is 72.2 Å². The van der Waals surface area contributed by atoms with Gasteiger partial charge in [0.2, 0.25) is 0 Å². The maximum Gasteiger partial charge on any atom is 0.190 e. The Hall–Kier alpha value is -2.13. The summed E-state index contributed by atoms with van der Waals surface area (Å²) in [6, 6.07) is 9.95. The summed E-state index contributed by atoms with van der Waals surface area (Å²) in [6.07, 6.45) is 2.67. The van der Waals surface area contributed by atoms with E-state index in [4.69, 9.17) is 5.41 Å². The van der Waals surface area contributed by atoms with Crippen LogP contribution in [0, 0.1) is 5.41 Å². The van der Waals surface area contributed by atoms with Crippen LogP contribution in [0.15, 0.2) is 35.1 Å². The Kier molecular flexibility index (Phi) is 4.81. The van der Waals surface area contributed by atoms with Gasteiger partial charge in [-0.15, -0.1) is 0 Å². The lowest BCUT2D eigenvalue weighted by molar-refractivity contribution is 0.191. The number of anilines is 3. The van der Waals surface area contributed by atoms with E-state index in [9.17, 15) is 4.48 Å². The molecule has 3 heterocycles. The monoisotopic (exact) mass is 435 g/mol. The van der Waals surface area contributed by atoms with Crippen LogP contribution in [0.1, 0.15) is 20.3 Å². The number of aromatic nitrogens is 2. The molecule has 7 nitrogen and oxygen atoms in total. The van der Waals surface area contributed by atoms with Gasteiger partial charge in [0.1, 0.15) is 4.60 Å². The Balaban J connectivity index is 1.48. The standard InChI is InChI=1S/C18H23BrFN7/c1-11(2)25-9-15-7-14(25)10-26(15)13-5-3-12(4-6-13)23-18-17(21)27(24-20)16(19)8-22-18/h3-6,8,11,14-15,21,24H,7,9-10H2,1-2H3,(H,22,23)/t14-,15-/m0/s1. The molecular weight excluding hydrogens is 413 g/mol. The molecule has 1 aromatic heterocycles. The van der Waals surface area contributed by atoms with Crippen LogP contribution in [0.5, 0.6) is 0 Å². The lowest BCUT2D eigenvalue weighted by Crippen LogP contribution is -2.48. The predicted molar refractivity (Wildman–Crippen MR) is 107 cm³/mol. The van der Waals surface area contributed by atoms with Crippen LogP contribution >= 0.6 is 15.9 Å². The van der Waals surface area contributed by atoms with E-state index in [2.05, 4.69) is 62.0 Å². The third kappa shape index (κ3) is 3.29. The van der Waals surface area contributed by atoms with Crippen LogP contribution in [0.25, 0.3) is 0 Å². The Bertz CT molecular complexity index is 882. The SMILES string of the molecule is CC(C)N1C[C@@H]2C[C@H]1CN2c1ccc(Nc2ncc(Br)n(NF)c2=N)cc1. The summed E-state index contributed by atoms with van der Waals surface area (Å²) in [5, 5.41) is 11.1. The van der Waals surface area contributed by atoms with E-state index in [1.54, 1.807) is 0 Å². The molecule has 9 heteroatoms. The van der Waals surface area contributed by atoms with Gasteiger partial charge < -0.3 is 10.2 Å². The van der Waals surface area contributed by atoms with Crippen molar-refractivity contribution in [3.8, 4) is 0 Å². The first-order valence-electron chi connectivity index (χ1n) is 9.06. The fourth-order valence-electron chi connectivity index (χ4n) is 4.14. The number of piperazine rings is 1. The summed E-state index contributed by atoms with van der Waals surface area (Å²) in [5.41, 5.74) is 3.37.